The Morgan fingerprint density at radius 2 is 2.16 bits per heavy atom. The van der Waals surface area contributed by atoms with Crippen LogP contribution in [0.5, 0.6) is 11.5 Å². The summed E-state index contributed by atoms with van der Waals surface area (Å²) in [5, 5.41) is 13.9. The molecular formula is C16H17FIN5O2. The van der Waals surface area contributed by atoms with Crippen molar-refractivity contribution in [3.05, 3.63) is 33.3 Å². The van der Waals surface area contributed by atoms with Crippen LogP contribution in [0.1, 0.15) is 18.4 Å². The number of aromatic hydroxyl groups is 1. The van der Waals surface area contributed by atoms with Crippen LogP contribution in [0.15, 0.2) is 23.4 Å². The van der Waals surface area contributed by atoms with E-state index in [0.29, 0.717) is 15.1 Å². The summed E-state index contributed by atoms with van der Waals surface area (Å²) in [6, 6.07) is 3.41. The minimum absolute atomic E-state index is 0.0883. The van der Waals surface area contributed by atoms with Crippen molar-refractivity contribution in [3.8, 4) is 11.5 Å². The predicted octanol–water partition coefficient (Wildman–Crippen LogP) is 2.98. The Morgan fingerprint density at radius 1 is 1.40 bits per heavy atom. The van der Waals surface area contributed by atoms with Crippen molar-refractivity contribution in [2.75, 3.05) is 30.5 Å². The predicted molar refractivity (Wildman–Crippen MR) is 102 cm³/mol. The second kappa shape index (κ2) is 7.81. The van der Waals surface area contributed by atoms with E-state index >= 15 is 0 Å². The number of methoxy groups -OCH3 is 1. The number of phenols is 1. The average molecular weight is 457 g/mol. The summed E-state index contributed by atoms with van der Waals surface area (Å²) in [4.78, 5) is 10.0. The molecule has 2 aromatic rings. The van der Waals surface area contributed by atoms with Gasteiger partial charge in [0.1, 0.15) is 0 Å². The SMILES string of the molecule is COc1cc(/C=N/Nc2ncc(F)c(N3CCCC3)n2)cc(I)c1O. The summed E-state index contributed by atoms with van der Waals surface area (Å²) >= 11 is 2.01. The number of aromatic nitrogens is 2. The second-order valence-electron chi connectivity index (χ2n) is 5.48. The maximum atomic E-state index is 13.9. The standard InChI is InChI=1S/C16H17FIN5O2/c1-25-13-7-10(6-12(18)14(13)24)8-20-22-16-19-9-11(17)15(21-16)23-4-2-3-5-23/h6-9,24H,2-5H2,1H3,(H,19,21,22)/b20-8+. The lowest BCUT2D eigenvalue weighted by Crippen LogP contribution is -2.21. The van der Waals surface area contributed by atoms with Gasteiger partial charge in [0.15, 0.2) is 23.1 Å². The van der Waals surface area contributed by atoms with E-state index < -0.39 is 5.82 Å². The van der Waals surface area contributed by atoms with Gasteiger partial charge in [-0.1, -0.05) is 0 Å². The Bertz CT molecular complexity index is 796. The third-order valence-electron chi connectivity index (χ3n) is 3.78. The summed E-state index contributed by atoms with van der Waals surface area (Å²) < 4.78 is 19.7. The van der Waals surface area contributed by atoms with Crippen LogP contribution in [0.4, 0.5) is 16.2 Å². The van der Waals surface area contributed by atoms with Crippen LogP contribution in [0.3, 0.4) is 0 Å². The van der Waals surface area contributed by atoms with Crippen molar-refractivity contribution < 1.29 is 14.2 Å². The largest absolute Gasteiger partial charge is 0.504 e. The Labute approximate surface area is 158 Å². The molecule has 0 aliphatic carbocycles. The van der Waals surface area contributed by atoms with Crippen LogP contribution in [0, 0.1) is 9.39 Å². The van der Waals surface area contributed by atoms with E-state index in [2.05, 4.69) is 20.5 Å². The van der Waals surface area contributed by atoms with Gasteiger partial charge in [0.05, 0.1) is 23.1 Å². The van der Waals surface area contributed by atoms with Crippen molar-refractivity contribution >= 4 is 40.6 Å². The van der Waals surface area contributed by atoms with Crippen LogP contribution in [0.25, 0.3) is 0 Å². The minimum atomic E-state index is -0.436. The molecule has 2 N–H and O–H groups in total. The first-order chi connectivity index (χ1) is 12.1. The molecule has 1 saturated heterocycles. The highest BCUT2D eigenvalue weighted by molar-refractivity contribution is 14.1. The summed E-state index contributed by atoms with van der Waals surface area (Å²) in [5.74, 6) is 0.535. The number of nitrogens with zero attached hydrogens (tertiary/aromatic N) is 4. The molecule has 2 heterocycles. The maximum Gasteiger partial charge on any atom is 0.245 e. The molecule has 0 radical (unpaired) electrons. The molecule has 25 heavy (non-hydrogen) atoms. The first-order valence-corrected chi connectivity index (χ1v) is 8.79. The summed E-state index contributed by atoms with van der Waals surface area (Å²) in [7, 11) is 1.48. The second-order valence-corrected chi connectivity index (χ2v) is 6.65. The highest BCUT2D eigenvalue weighted by atomic mass is 127. The zero-order valence-corrected chi connectivity index (χ0v) is 15.7. The van der Waals surface area contributed by atoms with E-state index in [1.807, 2.05) is 27.5 Å². The van der Waals surface area contributed by atoms with Crippen molar-refractivity contribution in [2.45, 2.75) is 12.8 Å². The molecule has 7 nitrogen and oxygen atoms in total. The molecule has 0 saturated carbocycles. The van der Waals surface area contributed by atoms with Crippen molar-refractivity contribution in [2.24, 2.45) is 5.10 Å². The molecule has 0 bridgehead atoms. The fraction of sp³-hybridized carbons (Fsp3) is 0.312. The highest BCUT2D eigenvalue weighted by Gasteiger charge is 2.18. The number of halogens is 2. The third-order valence-corrected chi connectivity index (χ3v) is 4.60. The Morgan fingerprint density at radius 3 is 2.88 bits per heavy atom. The number of benzene rings is 1. The molecule has 0 atom stereocenters. The van der Waals surface area contributed by atoms with Crippen molar-refractivity contribution in [3.63, 3.8) is 0 Å². The quantitative estimate of drug-likeness (QED) is 0.408. The van der Waals surface area contributed by atoms with Gasteiger partial charge in [-0.05, 0) is 53.1 Å². The van der Waals surface area contributed by atoms with Gasteiger partial charge in [-0.15, -0.1) is 0 Å². The monoisotopic (exact) mass is 457 g/mol. The molecule has 0 spiro atoms. The number of hydrogen-bond acceptors (Lipinski definition) is 7. The molecule has 1 aromatic heterocycles. The van der Waals surface area contributed by atoms with Crippen LogP contribution in [-0.2, 0) is 0 Å². The topological polar surface area (TPSA) is 82.9 Å². The third kappa shape index (κ3) is 4.09. The fourth-order valence-electron chi connectivity index (χ4n) is 2.55. The van der Waals surface area contributed by atoms with Crippen molar-refractivity contribution in [1.29, 1.82) is 0 Å². The molecular weight excluding hydrogens is 440 g/mol. The van der Waals surface area contributed by atoms with E-state index in [-0.39, 0.29) is 11.7 Å². The highest BCUT2D eigenvalue weighted by Crippen LogP contribution is 2.31. The number of rotatable bonds is 5. The molecule has 0 amide bonds. The molecule has 0 unspecified atom stereocenters. The number of hydrazone groups is 1. The Hall–Kier alpha value is -2.17. The van der Waals surface area contributed by atoms with Gasteiger partial charge >= 0.3 is 0 Å². The normalized spacial score (nSPS) is 14.3. The van der Waals surface area contributed by atoms with E-state index in [4.69, 9.17) is 4.74 Å². The molecule has 132 valence electrons. The van der Waals surface area contributed by atoms with Gasteiger partial charge in [0.25, 0.3) is 0 Å². The molecule has 1 fully saturated rings. The van der Waals surface area contributed by atoms with Gasteiger partial charge in [-0.25, -0.2) is 14.8 Å². The number of nitrogens with one attached hydrogen (secondary N) is 1. The molecule has 1 aliphatic rings. The van der Waals surface area contributed by atoms with Crippen LogP contribution < -0.4 is 15.1 Å². The first kappa shape index (κ1) is 17.6. The molecule has 1 aliphatic heterocycles. The fourth-order valence-corrected chi connectivity index (χ4v) is 3.18. The van der Waals surface area contributed by atoms with E-state index in [9.17, 15) is 9.50 Å². The lowest BCUT2D eigenvalue weighted by Gasteiger charge is -2.16. The van der Waals surface area contributed by atoms with E-state index in [1.165, 1.54) is 7.11 Å². The van der Waals surface area contributed by atoms with Gasteiger partial charge in [0, 0.05) is 13.1 Å². The number of ether oxygens (including phenoxy) is 1. The number of phenolic OH excluding ortho intramolecular Hbond substituents is 1. The number of hydrogen-bond donors (Lipinski definition) is 2. The van der Waals surface area contributed by atoms with E-state index in [1.54, 1.807) is 18.3 Å². The zero-order valence-electron chi connectivity index (χ0n) is 13.5. The lowest BCUT2D eigenvalue weighted by molar-refractivity contribution is 0.371. The molecule has 1 aromatic carbocycles. The first-order valence-electron chi connectivity index (χ1n) is 7.71. The maximum absolute atomic E-state index is 13.9. The van der Waals surface area contributed by atoms with Crippen molar-refractivity contribution in [1.82, 2.24) is 9.97 Å². The smallest absolute Gasteiger partial charge is 0.245 e. The minimum Gasteiger partial charge on any atom is -0.504 e. The summed E-state index contributed by atoms with van der Waals surface area (Å²) in [6.07, 6.45) is 4.76. The van der Waals surface area contributed by atoms with Gasteiger partial charge in [-0.3, -0.25) is 0 Å². The molecule has 9 heteroatoms. The summed E-state index contributed by atoms with van der Waals surface area (Å²) in [6.45, 7) is 1.59. The average Bonchev–Trinajstić information content (AvgIpc) is 3.13. The molecule has 3 rings (SSSR count). The van der Waals surface area contributed by atoms with Crippen LogP contribution in [-0.4, -0.2) is 41.5 Å². The van der Waals surface area contributed by atoms with Gasteiger partial charge in [0.2, 0.25) is 5.95 Å². The summed E-state index contributed by atoms with van der Waals surface area (Å²) in [5.41, 5.74) is 3.43. The lowest BCUT2D eigenvalue weighted by atomic mass is 10.2. The van der Waals surface area contributed by atoms with E-state index in [0.717, 1.165) is 37.7 Å². The Kier molecular flexibility index (Phi) is 5.51. The van der Waals surface area contributed by atoms with Crippen LogP contribution >= 0.6 is 22.6 Å². The Balaban J connectivity index is 1.74. The zero-order chi connectivity index (χ0) is 17.8. The van der Waals surface area contributed by atoms with Gasteiger partial charge < -0.3 is 14.7 Å². The van der Waals surface area contributed by atoms with Crippen LogP contribution in [0.2, 0.25) is 0 Å². The van der Waals surface area contributed by atoms with Gasteiger partial charge in [-0.2, -0.15) is 10.1 Å². The number of anilines is 2.